The number of aryl methyl sites for hydroxylation is 1. The highest BCUT2D eigenvalue weighted by molar-refractivity contribution is 5.34. The molecule has 0 aromatic carbocycles. The Bertz CT molecular complexity index is 558. The first-order valence-corrected chi connectivity index (χ1v) is 5.53. The molecular weight excluding hydrogens is 261 g/mol. The molecule has 1 aromatic rings. The average molecular weight is 274 g/mol. The molecule has 2 unspecified atom stereocenters. The topological polar surface area (TPSA) is 55.0 Å². The number of ether oxygens (including phenoxy) is 1. The van der Waals surface area contributed by atoms with Gasteiger partial charge in [0.05, 0.1) is 17.7 Å². The molecule has 4 nitrogen and oxygen atoms in total. The van der Waals surface area contributed by atoms with E-state index >= 15 is 0 Å². The summed E-state index contributed by atoms with van der Waals surface area (Å²) in [5.41, 5.74) is 0.257. The average Bonchev–Trinajstić information content (AvgIpc) is 2.26. The van der Waals surface area contributed by atoms with Crippen molar-refractivity contribution < 1.29 is 17.9 Å². The van der Waals surface area contributed by atoms with Crippen LogP contribution in [0.5, 0.6) is 0 Å². The van der Waals surface area contributed by atoms with E-state index in [0.717, 1.165) is 4.57 Å². The molecule has 0 saturated heterocycles. The molecule has 0 bridgehead atoms. The molecule has 0 aliphatic heterocycles. The van der Waals surface area contributed by atoms with Crippen LogP contribution in [-0.2, 0) is 4.74 Å². The fraction of sp³-hybridized carbons (Fsp3) is 0.500. The zero-order valence-electron chi connectivity index (χ0n) is 10.7. The summed E-state index contributed by atoms with van der Waals surface area (Å²) < 4.78 is 41.3. The van der Waals surface area contributed by atoms with E-state index in [0.29, 0.717) is 5.56 Å². The Balaban J connectivity index is 3.10. The zero-order chi connectivity index (χ0) is 14.8. The highest BCUT2D eigenvalue weighted by atomic mass is 19.4. The highest BCUT2D eigenvalue weighted by Gasteiger charge is 2.34. The normalized spacial score (nSPS) is 14.8. The summed E-state index contributed by atoms with van der Waals surface area (Å²) in [7, 11) is 0. The van der Waals surface area contributed by atoms with Gasteiger partial charge in [-0.25, -0.2) is 0 Å². The van der Waals surface area contributed by atoms with E-state index in [4.69, 9.17) is 5.26 Å². The molecule has 1 heterocycles. The second-order valence-corrected chi connectivity index (χ2v) is 4.24. The van der Waals surface area contributed by atoms with Gasteiger partial charge >= 0.3 is 6.36 Å². The Kier molecular flexibility index (Phi) is 4.37. The number of rotatable bonds is 3. The van der Waals surface area contributed by atoms with Crippen LogP contribution >= 0.6 is 0 Å². The number of halogens is 3. The van der Waals surface area contributed by atoms with Crippen LogP contribution in [0.4, 0.5) is 13.2 Å². The Morgan fingerprint density at radius 3 is 2.47 bits per heavy atom. The first kappa shape index (κ1) is 15.2. The van der Waals surface area contributed by atoms with E-state index in [2.05, 4.69) is 4.74 Å². The minimum Gasteiger partial charge on any atom is -0.309 e. The van der Waals surface area contributed by atoms with Crippen LogP contribution in [0.25, 0.3) is 0 Å². The summed E-state index contributed by atoms with van der Waals surface area (Å²) in [4.78, 5) is 11.7. The maximum absolute atomic E-state index is 12.1. The third-order valence-electron chi connectivity index (χ3n) is 2.85. The molecule has 0 aliphatic carbocycles. The van der Waals surface area contributed by atoms with Crippen molar-refractivity contribution in [1.82, 2.24) is 4.57 Å². The zero-order valence-corrected chi connectivity index (χ0v) is 10.7. The maximum Gasteiger partial charge on any atom is 0.522 e. The summed E-state index contributed by atoms with van der Waals surface area (Å²) in [6.07, 6.45) is -4.76. The van der Waals surface area contributed by atoms with Crippen LogP contribution in [0.15, 0.2) is 17.1 Å². The largest absolute Gasteiger partial charge is 0.522 e. The Morgan fingerprint density at radius 1 is 1.42 bits per heavy atom. The Hall–Kier alpha value is -1.81. The van der Waals surface area contributed by atoms with Gasteiger partial charge in [0.15, 0.2) is 0 Å². The van der Waals surface area contributed by atoms with Crippen molar-refractivity contribution in [2.24, 2.45) is 0 Å². The lowest BCUT2D eigenvalue weighted by molar-refractivity contribution is -0.344. The van der Waals surface area contributed by atoms with Crippen molar-refractivity contribution in [2.75, 3.05) is 0 Å². The SMILES string of the molecule is Cc1cc(=O)n(C(C)C(C)OC(F)(F)F)cc1C#N. The Labute approximate surface area is 108 Å². The summed E-state index contributed by atoms with van der Waals surface area (Å²) in [5.74, 6) is 0. The monoisotopic (exact) mass is 274 g/mol. The standard InChI is InChI=1S/C12H13F3N2O2/c1-7-4-11(18)17(6-10(7)5-16)8(2)9(3)19-12(13,14)15/h4,6,8-9H,1-3H3. The quantitative estimate of drug-likeness (QED) is 0.851. The summed E-state index contributed by atoms with van der Waals surface area (Å²) in [6.45, 7) is 4.23. The summed E-state index contributed by atoms with van der Waals surface area (Å²) in [6, 6.07) is 2.25. The smallest absolute Gasteiger partial charge is 0.309 e. The third kappa shape index (κ3) is 3.83. The van der Waals surface area contributed by atoms with Gasteiger partial charge in [0.1, 0.15) is 6.07 Å². The molecule has 0 radical (unpaired) electrons. The molecule has 2 atom stereocenters. The van der Waals surface area contributed by atoms with Crippen molar-refractivity contribution in [2.45, 2.75) is 39.3 Å². The van der Waals surface area contributed by atoms with Crippen LogP contribution in [0.1, 0.15) is 31.0 Å². The van der Waals surface area contributed by atoms with E-state index in [-0.39, 0.29) is 5.56 Å². The minimum atomic E-state index is -4.76. The van der Waals surface area contributed by atoms with Crippen molar-refractivity contribution >= 4 is 0 Å². The molecule has 0 amide bonds. The van der Waals surface area contributed by atoms with Gasteiger partial charge in [-0.15, -0.1) is 13.2 Å². The molecule has 7 heteroatoms. The van der Waals surface area contributed by atoms with Gasteiger partial charge in [-0.2, -0.15) is 5.26 Å². The maximum atomic E-state index is 12.1. The van der Waals surface area contributed by atoms with Gasteiger partial charge in [-0.1, -0.05) is 0 Å². The molecule has 0 saturated carbocycles. The molecule has 0 N–H and O–H groups in total. The van der Waals surface area contributed by atoms with Gasteiger partial charge in [0.2, 0.25) is 0 Å². The number of hydrogen-bond acceptors (Lipinski definition) is 3. The van der Waals surface area contributed by atoms with Crippen LogP contribution in [-0.4, -0.2) is 17.0 Å². The lowest BCUT2D eigenvalue weighted by Crippen LogP contribution is -2.33. The van der Waals surface area contributed by atoms with Crippen molar-refractivity contribution in [3.05, 3.63) is 33.7 Å². The van der Waals surface area contributed by atoms with E-state index in [1.807, 2.05) is 6.07 Å². The van der Waals surface area contributed by atoms with Crippen LogP contribution in [0.2, 0.25) is 0 Å². The predicted octanol–water partition coefficient (Wildman–Crippen LogP) is 2.51. The molecule has 0 spiro atoms. The van der Waals surface area contributed by atoms with Crippen molar-refractivity contribution in [3.63, 3.8) is 0 Å². The van der Waals surface area contributed by atoms with E-state index in [1.165, 1.54) is 26.1 Å². The molecule has 0 aliphatic rings. The van der Waals surface area contributed by atoms with Gasteiger partial charge in [0.25, 0.3) is 5.56 Å². The molecular formula is C12H13F3N2O2. The molecule has 104 valence electrons. The Morgan fingerprint density at radius 2 is 2.00 bits per heavy atom. The number of pyridine rings is 1. The fourth-order valence-electron chi connectivity index (χ4n) is 1.61. The van der Waals surface area contributed by atoms with Crippen LogP contribution < -0.4 is 5.56 Å². The number of nitrogens with zero attached hydrogens (tertiary/aromatic N) is 2. The number of alkyl halides is 3. The third-order valence-corrected chi connectivity index (χ3v) is 2.85. The second kappa shape index (κ2) is 5.45. The number of nitriles is 1. The predicted molar refractivity (Wildman–Crippen MR) is 61.5 cm³/mol. The fourth-order valence-corrected chi connectivity index (χ4v) is 1.61. The van der Waals surface area contributed by atoms with E-state index in [1.54, 1.807) is 6.92 Å². The van der Waals surface area contributed by atoms with Gasteiger partial charge in [-0.3, -0.25) is 9.53 Å². The number of aromatic nitrogens is 1. The van der Waals surface area contributed by atoms with Crippen LogP contribution in [0, 0.1) is 18.3 Å². The molecule has 1 rings (SSSR count). The summed E-state index contributed by atoms with van der Waals surface area (Å²) in [5, 5.41) is 8.86. The second-order valence-electron chi connectivity index (χ2n) is 4.24. The number of hydrogen-bond donors (Lipinski definition) is 0. The van der Waals surface area contributed by atoms with E-state index in [9.17, 15) is 18.0 Å². The summed E-state index contributed by atoms with van der Waals surface area (Å²) >= 11 is 0. The van der Waals surface area contributed by atoms with Crippen molar-refractivity contribution in [3.8, 4) is 6.07 Å². The lowest BCUT2D eigenvalue weighted by Gasteiger charge is -2.23. The molecule has 19 heavy (non-hydrogen) atoms. The van der Waals surface area contributed by atoms with E-state index < -0.39 is 24.1 Å². The minimum absolute atomic E-state index is 0.241. The van der Waals surface area contributed by atoms with Crippen molar-refractivity contribution in [1.29, 1.82) is 5.26 Å². The molecule has 0 fully saturated rings. The van der Waals surface area contributed by atoms with Gasteiger partial charge in [-0.05, 0) is 26.3 Å². The molecule has 1 aromatic heterocycles. The van der Waals surface area contributed by atoms with Gasteiger partial charge in [0, 0.05) is 12.3 Å². The van der Waals surface area contributed by atoms with Crippen LogP contribution in [0.3, 0.4) is 0 Å². The highest BCUT2D eigenvalue weighted by Crippen LogP contribution is 2.24. The van der Waals surface area contributed by atoms with Gasteiger partial charge < -0.3 is 4.57 Å². The lowest BCUT2D eigenvalue weighted by atomic mass is 10.1. The first-order valence-electron chi connectivity index (χ1n) is 5.53. The first-order chi connectivity index (χ1) is 8.65.